The summed E-state index contributed by atoms with van der Waals surface area (Å²) < 4.78 is 12.7. The molecule has 2 aliphatic heterocycles. The maximum Gasteiger partial charge on any atom is 0.272 e. The molecular formula is C55H83N17O6. The number of carbonyl (C=O) groups excluding carboxylic acids is 5. The molecule has 0 bridgehead atoms. The molecule has 0 atom stereocenters. The Hall–Kier alpha value is -6.67. The minimum atomic E-state index is -0.454. The first-order valence-electron chi connectivity index (χ1n) is 27.2. The van der Waals surface area contributed by atoms with Crippen LogP contribution in [0.25, 0.3) is 0 Å². The highest BCUT2D eigenvalue weighted by Gasteiger charge is 2.23. The van der Waals surface area contributed by atoms with Crippen molar-refractivity contribution in [2.45, 2.75) is 19.5 Å². The molecule has 23 heteroatoms. The Balaban J connectivity index is 0.954. The summed E-state index contributed by atoms with van der Waals surface area (Å²) in [7, 11) is 10.8. The van der Waals surface area contributed by atoms with Gasteiger partial charge in [0.05, 0.1) is 22.8 Å². The van der Waals surface area contributed by atoms with Crippen LogP contribution in [0.15, 0.2) is 67.3 Å². The van der Waals surface area contributed by atoms with Gasteiger partial charge in [0, 0.05) is 183 Å². The molecule has 0 spiro atoms. The van der Waals surface area contributed by atoms with Crippen molar-refractivity contribution in [3.63, 3.8) is 0 Å². The molecule has 1 aromatic carbocycles. The fraction of sp³-hybridized carbons (Fsp3) is 0.509. The zero-order chi connectivity index (χ0) is 55.4. The Morgan fingerprint density at radius 2 is 0.910 bits per heavy atom. The van der Waals surface area contributed by atoms with E-state index in [4.69, 9.17) is 4.74 Å². The summed E-state index contributed by atoms with van der Waals surface area (Å²) in [4.78, 5) is 74.3. The third kappa shape index (κ3) is 18.2. The monoisotopic (exact) mass is 1080 g/mol. The maximum atomic E-state index is 13.9. The van der Waals surface area contributed by atoms with Gasteiger partial charge in [0.15, 0.2) is 6.61 Å². The van der Waals surface area contributed by atoms with Gasteiger partial charge in [-0.2, -0.15) is 0 Å². The molecule has 7 rings (SSSR count). The second-order valence-corrected chi connectivity index (χ2v) is 20.4. The average Bonchev–Trinajstić information content (AvgIpc) is 4.19. The number of hydrogen-bond donors (Lipinski definition) is 10. The van der Waals surface area contributed by atoms with Gasteiger partial charge in [0.25, 0.3) is 23.6 Å². The number of benzene rings is 1. The van der Waals surface area contributed by atoms with Crippen molar-refractivity contribution in [2.75, 3.05) is 154 Å². The van der Waals surface area contributed by atoms with Crippen LogP contribution in [0.4, 0.5) is 17.1 Å². The number of ether oxygens (including phenoxy) is 1. The fourth-order valence-corrected chi connectivity index (χ4v) is 9.52. The van der Waals surface area contributed by atoms with Crippen LogP contribution < -0.4 is 57.9 Å². The number of carbonyl (C=O) groups is 5. The predicted octanol–water partition coefficient (Wildman–Crippen LogP) is 0.644. The number of nitrogens with one attached hydrogen (secondary N) is 10. The van der Waals surface area contributed by atoms with Gasteiger partial charge in [-0.15, -0.1) is 0 Å². The Bertz CT molecular complexity index is 2700. The summed E-state index contributed by atoms with van der Waals surface area (Å²) in [6.07, 6.45) is 7.33. The molecule has 0 unspecified atom stereocenters. The van der Waals surface area contributed by atoms with E-state index in [1.54, 1.807) is 89.4 Å². The van der Waals surface area contributed by atoms with Gasteiger partial charge in [-0.1, -0.05) is 6.07 Å². The van der Waals surface area contributed by atoms with E-state index in [1.165, 1.54) is 6.07 Å². The smallest absolute Gasteiger partial charge is 0.272 e. The highest BCUT2D eigenvalue weighted by molar-refractivity contribution is 6.12. The Morgan fingerprint density at radius 1 is 0.500 bits per heavy atom. The normalized spacial score (nSPS) is 16.0. The summed E-state index contributed by atoms with van der Waals surface area (Å²) in [6, 6.07) is 12.6. The number of amides is 4. The minimum absolute atomic E-state index is 0.237. The van der Waals surface area contributed by atoms with Crippen LogP contribution in [0, 0.1) is 0 Å². The number of nitrogens with zero attached hydrogens (tertiary/aromatic N) is 7. The molecule has 6 heterocycles. The van der Waals surface area contributed by atoms with E-state index in [0.717, 1.165) is 142 Å². The van der Waals surface area contributed by atoms with Crippen molar-refractivity contribution in [1.82, 2.24) is 70.2 Å². The molecule has 0 saturated carbocycles. The lowest BCUT2D eigenvalue weighted by molar-refractivity contribution is -0.118. The Morgan fingerprint density at radius 3 is 1.40 bits per heavy atom. The lowest BCUT2D eigenvalue weighted by Crippen LogP contribution is -2.41. The number of anilines is 3. The molecule has 4 amide bonds. The van der Waals surface area contributed by atoms with Gasteiger partial charge in [0.1, 0.15) is 22.8 Å². The van der Waals surface area contributed by atoms with Crippen molar-refractivity contribution < 1.29 is 28.7 Å². The number of rotatable bonds is 19. The summed E-state index contributed by atoms with van der Waals surface area (Å²) in [6.45, 7) is 17.1. The lowest BCUT2D eigenvalue weighted by Gasteiger charge is -2.26. The lowest BCUT2D eigenvalue weighted by atomic mass is 10.1. The van der Waals surface area contributed by atoms with Crippen molar-refractivity contribution in [2.24, 2.45) is 28.2 Å². The van der Waals surface area contributed by atoms with E-state index < -0.39 is 11.8 Å². The zero-order valence-corrected chi connectivity index (χ0v) is 46.5. The van der Waals surface area contributed by atoms with Crippen LogP contribution >= 0.6 is 0 Å². The summed E-state index contributed by atoms with van der Waals surface area (Å²) in [5.74, 6) is -1.27. The van der Waals surface area contributed by atoms with Gasteiger partial charge in [0.2, 0.25) is 5.78 Å². The first kappa shape index (κ1) is 59.0. The quantitative estimate of drug-likeness (QED) is 0.0403. The molecule has 10 N–H and O–H groups in total. The van der Waals surface area contributed by atoms with Gasteiger partial charge >= 0.3 is 0 Å². The van der Waals surface area contributed by atoms with Crippen molar-refractivity contribution in [3.05, 3.63) is 107 Å². The maximum absolute atomic E-state index is 13.9. The van der Waals surface area contributed by atoms with Crippen molar-refractivity contribution in [3.8, 4) is 5.75 Å². The minimum Gasteiger partial charge on any atom is -0.484 e. The Labute approximate surface area is 458 Å². The van der Waals surface area contributed by atoms with Gasteiger partial charge in [-0.05, 0) is 74.6 Å². The van der Waals surface area contributed by atoms with E-state index in [1.807, 2.05) is 31.1 Å². The highest BCUT2D eigenvalue weighted by atomic mass is 16.5. The summed E-state index contributed by atoms with van der Waals surface area (Å²) in [5.41, 5.74) is 4.94. The summed E-state index contributed by atoms with van der Waals surface area (Å²) in [5, 5.41) is 32.7. The Kier molecular flexibility index (Phi) is 22.6. The van der Waals surface area contributed by atoms with Crippen LogP contribution in [0.5, 0.6) is 5.75 Å². The predicted molar refractivity (Wildman–Crippen MR) is 305 cm³/mol. The van der Waals surface area contributed by atoms with Crippen LogP contribution in [-0.2, 0) is 46.1 Å². The summed E-state index contributed by atoms with van der Waals surface area (Å²) >= 11 is 0. The van der Waals surface area contributed by atoms with Crippen molar-refractivity contribution >= 4 is 46.5 Å². The third-order valence-corrected chi connectivity index (χ3v) is 13.6. The first-order valence-corrected chi connectivity index (χ1v) is 27.2. The van der Waals surface area contributed by atoms with Crippen LogP contribution in [0.1, 0.15) is 65.1 Å². The second-order valence-electron chi connectivity index (χ2n) is 20.4. The first-order chi connectivity index (χ1) is 37.7. The van der Waals surface area contributed by atoms with Crippen LogP contribution in [0.2, 0.25) is 0 Å². The van der Waals surface area contributed by atoms with E-state index in [9.17, 15) is 24.0 Å². The molecule has 0 radical (unpaired) electrons. The fourth-order valence-electron chi connectivity index (χ4n) is 9.52. The number of aryl methyl sites for hydroxylation is 4. The molecular weight excluding hydrogens is 995 g/mol. The van der Waals surface area contributed by atoms with Gasteiger partial charge in [-0.25, -0.2) is 0 Å². The molecule has 2 fully saturated rings. The highest BCUT2D eigenvalue weighted by Crippen LogP contribution is 2.24. The van der Waals surface area contributed by atoms with Gasteiger partial charge in [-0.3, -0.25) is 33.8 Å². The second kappa shape index (κ2) is 29.9. The zero-order valence-electron chi connectivity index (χ0n) is 46.5. The average molecular weight is 1080 g/mol. The molecule has 2 saturated heterocycles. The van der Waals surface area contributed by atoms with Crippen LogP contribution in [0.3, 0.4) is 0 Å². The van der Waals surface area contributed by atoms with E-state index >= 15 is 0 Å². The number of aromatic nitrogens is 4. The van der Waals surface area contributed by atoms with E-state index in [2.05, 4.69) is 69.0 Å². The van der Waals surface area contributed by atoms with Gasteiger partial charge < -0.3 is 81.1 Å². The molecule has 78 heavy (non-hydrogen) atoms. The molecule has 424 valence electrons. The SMILES string of the molecule is CN(C)CCCNC(=O)c1cc(NC(=O)c2cc(C(=O)c3cc(NC(=O)c4cc(NC(=O)COc5cc(CN6CCNCCNCCNCC6)cc(CN6CCNCCNCCNCC6)c5)cn4C)cn3C)cn2C)cn1C. The largest absolute Gasteiger partial charge is 0.484 e. The van der Waals surface area contributed by atoms with E-state index in [0.29, 0.717) is 35.1 Å². The number of hydrogen-bond acceptors (Lipinski definition) is 15. The molecule has 0 aliphatic carbocycles. The van der Waals surface area contributed by atoms with E-state index in [-0.39, 0.29) is 46.8 Å². The molecule has 5 aromatic rings. The molecule has 2 aliphatic rings. The number of ketones is 1. The van der Waals surface area contributed by atoms with Crippen LogP contribution in [-0.4, -0.2) is 201 Å². The molecule has 23 nitrogen and oxygen atoms in total. The third-order valence-electron chi connectivity index (χ3n) is 13.6. The van der Waals surface area contributed by atoms with Crippen molar-refractivity contribution in [1.29, 1.82) is 0 Å². The molecule has 4 aromatic heterocycles. The standard InChI is InChI=1S/C55H83N17O6/c1-66(2)21-7-8-62-53(75)49-32-45(38-69(49)5)65-54(76)48-29-42(35-67(48)3)52(74)47-30-44(37-68(47)4)64-55(77)50-31-43(36-70(50)6)63-51(73)39-78-46-27-40(33-71-22-17-58-13-9-56-10-14-59-18-23-71)26-41(28-46)34-72-24-19-60-15-11-57-12-16-61-20-25-72/h26-32,35-38,56-61H,7-25,33-34,39H2,1-6H3,(H,62,75)(H,63,73)(H,64,77)(H,65,76). The topological polar surface area (TPSA) is 244 Å².